The number of nitrogens with zero attached hydrogens (tertiary/aromatic N) is 2. The third-order valence-electron chi connectivity index (χ3n) is 8.94. The second kappa shape index (κ2) is 12.8. The molecule has 7 nitrogen and oxygen atoms in total. The first kappa shape index (κ1) is 35.5. The Labute approximate surface area is 283 Å². The average molecular weight is 724 g/mol. The van der Waals surface area contributed by atoms with Gasteiger partial charge in [-0.25, -0.2) is 14.6 Å². The third kappa shape index (κ3) is 7.17. The van der Waals surface area contributed by atoms with Gasteiger partial charge in [0, 0.05) is 16.8 Å². The van der Waals surface area contributed by atoms with Crippen LogP contribution in [0.5, 0.6) is 5.75 Å². The number of aryl methyl sites for hydroxylation is 1. The SMILES string of the molecule is Cc1nc(C(=O)O)ccc1-c1cccc(-c2ccc(C(F)(F)F)cc2OC[C@@H]2CC[C@H]3[C@@H](c4cc(C(F)(F)F)cc(C(F)(F)F)c4)NC(=O)N23)c1. The van der Waals surface area contributed by atoms with Crippen molar-refractivity contribution in [2.45, 2.75) is 56.4 Å². The molecule has 2 aliphatic rings. The molecule has 0 saturated carbocycles. The second-order valence-electron chi connectivity index (χ2n) is 12.2. The summed E-state index contributed by atoms with van der Waals surface area (Å²) in [7, 11) is 0. The summed E-state index contributed by atoms with van der Waals surface area (Å²) in [6.07, 6.45) is -14.5. The largest absolute Gasteiger partial charge is 0.491 e. The molecule has 16 heteroatoms. The quantitative estimate of drug-likeness (QED) is 0.186. The molecular weight excluding hydrogens is 697 g/mol. The molecule has 3 atom stereocenters. The minimum atomic E-state index is -5.09. The zero-order valence-corrected chi connectivity index (χ0v) is 26.2. The van der Waals surface area contributed by atoms with E-state index in [0.717, 1.165) is 12.1 Å². The number of carbonyl (C=O) groups is 2. The molecule has 2 fully saturated rings. The van der Waals surface area contributed by atoms with Gasteiger partial charge in [-0.2, -0.15) is 39.5 Å². The number of carboxylic acid groups (broad SMARTS) is 1. The molecule has 0 spiro atoms. The van der Waals surface area contributed by atoms with Crippen LogP contribution in [0.15, 0.2) is 72.8 Å². The Morgan fingerprint density at radius 2 is 1.43 bits per heavy atom. The molecule has 2 saturated heterocycles. The van der Waals surface area contributed by atoms with Gasteiger partial charge in [0.15, 0.2) is 0 Å². The van der Waals surface area contributed by atoms with Gasteiger partial charge in [0.25, 0.3) is 0 Å². The van der Waals surface area contributed by atoms with E-state index < -0.39 is 65.3 Å². The summed E-state index contributed by atoms with van der Waals surface area (Å²) < 4.78 is 129. The van der Waals surface area contributed by atoms with E-state index in [4.69, 9.17) is 4.74 Å². The number of aromatic carboxylic acids is 1. The highest BCUT2D eigenvalue weighted by atomic mass is 19.4. The van der Waals surface area contributed by atoms with Crippen LogP contribution >= 0.6 is 0 Å². The number of pyridine rings is 1. The number of nitrogens with one attached hydrogen (secondary N) is 1. The maximum atomic E-state index is 13.8. The highest BCUT2D eigenvalue weighted by Crippen LogP contribution is 2.44. The van der Waals surface area contributed by atoms with Crippen LogP contribution in [-0.4, -0.2) is 45.7 Å². The summed E-state index contributed by atoms with van der Waals surface area (Å²) >= 11 is 0. The van der Waals surface area contributed by atoms with E-state index in [1.165, 1.54) is 17.0 Å². The molecule has 6 rings (SSSR count). The number of halogens is 9. The van der Waals surface area contributed by atoms with E-state index >= 15 is 0 Å². The van der Waals surface area contributed by atoms with E-state index in [2.05, 4.69) is 10.3 Å². The van der Waals surface area contributed by atoms with Gasteiger partial charge in [-0.3, -0.25) is 0 Å². The lowest BCUT2D eigenvalue weighted by atomic mass is 9.94. The van der Waals surface area contributed by atoms with Crippen LogP contribution in [0.1, 0.15) is 57.3 Å². The molecule has 0 bridgehead atoms. The molecule has 0 unspecified atom stereocenters. The minimum absolute atomic E-state index is 0.00121. The van der Waals surface area contributed by atoms with Gasteiger partial charge in [-0.05, 0) is 78.9 Å². The van der Waals surface area contributed by atoms with Gasteiger partial charge in [0.2, 0.25) is 0 Å². The number of amides is 2. The monoisotopic (exact) mass is 723 g/mol. The Morgan fingerprint density at radius 1 is 0.824 bits per heavy atom. The Hall–Kier alpha value is -5.28. The maximum Gasteiger partial charge on any atom is 0.416 e. The minimum Gasteiger partial charge on any atom is -0.491 e. The van der Waals surface area contributed by atoms with Gasteiger partial charge in [0.05, 0.1) is 34.8 Å². The lowest BCUT2D eigenvalue weighted by Crippen LogP contribution is -2.40. The number of rotatable bonds is 7. The Morgan fingerprint density at radius 3 is 2.02 bits per heavy atom. The number of carbonyl (C=O) groups excluding carboxylic acids is 1. The van der Waals surface area contributed by atoms with Crippen molar-refractivity contribution in [2.24, 2.45) is 0 Å². The van der Waals surface area contributed by atoms with Crippen LogP contribution in [0.2, 0.25) is 0 Å². The average Bonchev–Trinajstić information content (AvgIpc) is 3.62. The van der Waals surface area contributed by atoms with Crippen molar-refractivity contribution >= 4 is 12.0 Å². The fraction of sp³-hybridized carbons (Fsp3) is 0.286. The van der Waals surface area contributed by atoms with Crippen molar-refractivity contribution in [1.29, 1.82) is 0 Å². The highest BCUT2D eigenvalue weighted by molar-refractivity contribution is 5.86. The van der Waals surface area contributed by atoms with E-state index in [0.29, 0.717) is 34.5 Å². The Balaban J connectivity index is 1.28. The second-order valence-corrected chi connectivity index (χ2v) is 12.2. The molecule has 0 radical (unpaired) electrons. The lowest BCUT2D eigenvalue weighted by molar-refractivity contribution is -0.143. The first-order valence-electron chi connectivity index (χ1n) is 15.4. The summed E-state index contributed by atoms with van der Waals surface area (Å²) in [5, 5.41) is 11.7. The summed E-state index contributed by atoms with van der Waals surface area (Å²) in [6.45, 7) is 1.28. The molecule has 51 heavy (non-hydrogen) atoms. The Kier molecular flexibility index (Phi) is 8.92. The van der Waals surface area contributed by atoms with Crippen LogP contribution in [0.4, 0.5) is 44.3 Å². The third-order valence-corrected chi connectivity index (χ3v) is 8.94. The zero-order valence-electron chi connectivity index (χ0n) is 26.2. The van der Waals surface area contributed by atoms with Gasteiger partial charge in [0.1, 0.15) is 18.1 Å². The standard InChI is InChI=1S/C35H26F9N3O4/c1-17-25(8-9-27(45-17)31(48)49)18-3-2-4-19(11-18)26-7-5-21(33(36,37)38)15-29(26)51-16-24-6-10-28-30(46-32(50)47(24)28)20-12-22(34(39,40)41)14-23(13-20)35(42,43)44/h2-5,7-9,11-15,24,28,30H,6,10,16H2,1H3,(H,46,50)(H,48,49)/t24-,28-,30+/m0/s1. The number of urea groups is 1. The summed E-state index contributed by atoms with van der Waals surface area (Å²) in [6, 6.07) is 9.93. The van der Waals surface area contributed by atoms with Crippen LogP contribution in [0.25, 0.3) is 22.3 Å². The van der Waals surface area contributed by atoms with Crippen molar-refractivity contribution in [1.82, 2.24) is 15.2 Å². The van der Waals surface area contributed by atoms with Gasteiger partial charge >= 0.3 is 30.5 Å². The van der Waals surface area contributed by atoms with Crippen molar-refractivity contribution in [2.75, 3.05) is 6.61 Å². The topological polar surface area (TPSA) is 91.8 Å². The smallest absolute Gasteiger partial charge is 0.416 e. The first-order chi connectivity index (χ1) is 23.8. The molecule has 1 aromatic heterocycles. The molecular formula is C35H26F9N3O4. The van der Waals surface area contributed by atoms with Crippen molar-refractivity contribution in [3.05, 3.63) is 106 Å². The number of aromatic nitrogens is 1. The molecule has 2 N–H and O–H groups in total. The van der Waals surface area contributed by atoms with Crippen molar-refractivity contribution in [3.63, 3.8) is 0 Å². The van der Waals surface area contributed by atoms with E-state index in [9.17, 15) is 54.2 Å². The summed E-state index contributed by atoms with van der Waals surface area (Å²) in [5.41, 5.74) is -2.38. The fourth-order valence-corrected chi connectivity index (χ4v) is 6.57. The van der Waals surface area contributed by atoms with Crippen LogP contribution in [0, 0.1) is 6.92 Å². The number of hydrogen-bond donors (Lipinski definition) is 2. The summed E-state index contributed by atoms with van der Waals surface area (Å²) in [5.74, 6) is -1.41. The number of carboxylic acids is 1. The van der Waals surface area contributed by atoms with Crippen molar-refractivity contribution in [3.8, 4) is 28.0 Å². The molecule has 268 valence electrons. The van der Waals surface area contributed by atoms with Crippen LogP contribution < -0.4 is 10.1 Å². The summed E-state index contributed by atoms with van der Waals surface area (Å²) in [4.78, 5) is 29.7. The van der Waals surface area contributed by atoms with E-state index in [1.54, 1.807) is 37.3 Å². The van der Waals surface area contributed by atoms with Gasteiger partial charge in [-0.15, -0.1) is 0 Å². The number of alkyl halides is 9. The van der Waals surface area contributed by atoms with Gasteiger partial charge < -0.3 is 20.1 Å². The van der Waals surface area contributed by atoms with Crippen LogP contribution in [-0.2, 0) is 18.5 Å². The molecule has 3 aromatic carbocycles. The molecule has 0 aliphatic carbocycles. The van der Waals surface area contributed by atoms with Gasteiger partial charge in [-0.1, -0.05) is 30.3 Å². The predicted octanol–water partition coefficient (Wildman–Crippen LogP) is 9.15. The number of benzene rings is 3. The number of fused-ring (bicyclic) bond motifs is 1. The molecule has 4 aromatic rings. The van der Waals surface area contributed by atoms with E-state index in [1.807, 2.05) is 0 Å². The number of ether oxygens (including phenoxy) is 1. The lowest BCUT2D eigenvalue weighted by Gasteiger charge is -2.25. The van der Waals surface area contributed by atoms with Crippen LogP contribution in [0.3, 0.4) is 0 Å². The molecule has 3 heterocycles. The first-order valence-corrected chi connectivity index (χ1v) is 15.4. The molecule has 2 aliphatic heterocycles. The Bertz CT molecular complexity index is 1980. The maximum absolute atomic E-state index is 13.8. The number of hydrogen-bond acceptors (Lipinski definition) is 4. The van der Waals surface area contributed by atoms with E-state index in [-0.39, 0.29) is 48.1 Å². The predicted molar refractivity (Wildman–Crippen MR) is 164 cm³/mol. The van der Waals surface area contributed by atoms with Crippen molar-refractivity contribution < 1.29 is 58.9 Å². The normalized spacial score (nSPS) is 19.2. The highest BCUT2D eigenvalue weighted by Gasteiger charge is 2.49. The molecule has 2 amide bonds. The fourth-order valence-electron chi connectivity index (χ4n) is 6.57. The zero-order chi connectivity index (χ0) is 37.0.